The quantitative estimate of drug-likeness (QED) is 0.846. The van der Waals surface area contributed by atoms with Gasteiger partial charge in [0, 0.05) is 13.1 Å². The maximum absolute atomic E-state index is 12.0. The average molecular weight is 282 g/mol. The highest BCUT2D eigenvalue weighted by atomic mass is 32.2. The Morgan fingerprint density at radius 1 is 1.32 bits per heavy atom. The Balaban J connectivity index is 1.87. The van der Waals surface area contributed by atoms with Gasteiger partial charge in [-0.25, -0.2) is 13.1 Å². The molecule has 1 aliphatic carbocycles. The lowest BCUT2D eigenvalue weighted by Crippen LogP contribution is -2.63. The number of nitrogens with one attached hydrogen (secondary N) is 1. The molecule has 3 rings (SSSR count). The van der Waals surface area contributed by atoms with Crippen LogP contribution < -0.4 is 9.62 Å². The SMILES string of the molecule is CNS(=O)(=O)c1ccccc1N1CC(O)(C2CC2)C1. The van der Waals surface area contributed by atoms with Gasteiger partial charge in [0.25, 0.3) is 0 Å². The molecule has 0 unspecified atom stereocenters. The number of aliphatic hydroxyl groups is 1. The Kier molecular flexibility index (Phi) is 2.85. The van der Waals surface area contributed by atoms with Gasteiger partial charge in [0.05, 0.1) is 5.69 Å². The lowest BCUT2D eigenvalue weighted by Gasteiger charge is -2.48. The van der Waals surface area contributed by atoms with E-state index in [-0.39, 0.29) is 4.90 Å². The Hall–Kier alpha value is -1.11. The molecule has 1 aromatic rings. The van der Waals surface area contributed by atoms with Crippen molar-refractivity contribution in [3.8, 4) is 0 Å². The average Bonchev–Trinajstić information content (AvgIpc) is 3.19. The van der Waals surface area contributed by atoms with E-state index in [1.807, 2.05) is 11.0 Å². The van der Waals surface area contributed by atoms with Gasteiger partial charge in [0.1, 0.15) is 10.5 Å². The van der Waals surface area contributed by atoms with Crippen molar-refractivity contribution in [3.05, 3.63) is 24.3 Å². The molecular weight excluding hydrogens is 264 g/mol. The van der Waals surface area contributed by atoms with Gasteiger partial charge >= 0.3 is 0 Å². The topological polar surface area (TPSA) is 69.6 Å². The number of hydrogen-bond acceptors (Lipinski definition) is 4. The fourth-order valence-electron chi connectivity index (χ4n) is 2.72. The highest BCUT2D eigenvalue weighted by Crippen LogP contribution is 2.46. The second-order valence-electron chi connectivity index (χ2n) is 5.41. The van der Waals surface area contributed by atoms with E-state index in [4.69, 9.17) is 0 Å². The van der Waals surface area contributed by atoms with Crippen molar-refractivity contribution < 1.29 is 13.5 Å². The molecule has 2 aliphatic rings. The summed E-state index contributed by atoms with van der Waals surface area (Å²) >= 11 is 0. The van der Waals surface area contributed by atoms with Crippen LogP contribution in [0.5, 0.6) is 0 Å². The number of benzene rings is 1. The van der Waals surface area contributed by atoms with E-state index in [1.54, 1.807) is 18.2 Å². The summed E-state index contributed by atoms with van der Waals surface area (Å²) in [5.41, 5.74) is 0.0541. The van der Waals surface area contributed by atoms with Crippen LogP contribution in [0.2, 0.25) is 0 Å². The first-order valence-electron chi connectivity index (χ1n) is 6.46. The van der Waals surface area contributed by atoms with Crippen LogP contribution >= 0.6 is 0 Å². The third-order valence-corrected chi connectivity index (χ3v) is 5.49. The van der Waals surface area contributed by atoms with Crippen LogP contribution in [-0.2, 0) is 10.0 Å². The number of β-amino-alcohol motifs (C(OH)–C–C–N with tert-alkyl or cyclic N) is 1. The molecule has 2 N–H and O–H groups in total. The first-order valence-corrected chi connectivity index (χ1v) is 7.94. The third-order valence-electron chi connectivity index (χ3n) is 4.03. The first-order chi connectivity index (χ1) is 8.96. The van der Waals surface area contributed by atoms with Crippen molar-refractivity contribution in [2.75, 3.05) is 25.0 Å². The van der Waals surface area contributed by atoms with E-state index in [0.717, 1.165) is 12.8 Å². The minimum Gasteiger partial charge on any atom is -0.386 e. The molecule has 0 spiro atoms. The zero-order valence-electron chi connectivity index (χ0n) is 10.8. The highest BCUT2D eigenvalue weighted by Gasteiger charge is 2.52. The van der Waals surface area contributed by atoms with Gasteiger partial charge in [-0.15, -0.1) is 0 Å². The summed E-state index contributed by atoms with van der Waals surface area (Å²) < 4.78 is 26.3. The molecule has 6 heteroatoms. The van der Waals surface area contributed by atoms with Crippen LogP contribution in [-0.4, -0.2) is 39.3 Å². The second-order valence-corrected chi connectivity index (χ2v) is 7.26. The van der Waals surface area contributed by atoms with Gasteiger partial charge in [-0.1, -0.05) is 12.1 Å². The Labute approximate surface area is 113 Å². The van der Waals surface area contributed by atoms with Crippen molar-refractivity contribution in [2.45, 2.75) is 23.3 Å². The summed E-state index contributed by atoms with van der Waals surface area (Å²) in [4.78, 5) is 2.21. The minimum atomic E-state index is -3.47. The van der Waals surface area contributed by atoms with Gasteiger partial charge in [-0.3, -0.25) is 0 Å². The second kappa shape index (κ2) is 4.19. The zero-order valence-corrected chi connectivity index (χ0v) is 11.7. The third kappa shape index (κ3) is 2.13. The van der Waals surface area contributed by atoms with Crippen molar-refractivity contribution >= 4 is 15.7 Å². The molecule has 1 heterocycles. The van der Waals surface area contributed by atoms with E-state index < -0.39 is 15.6 Å². The summed E-state index contributed by atoms with van der Waals surface area (Å²) in [7, 11) is -2.06. The number of nitrogens with zero attached hydrogens (tertiary/aromatic N) is 1. The molecule has 5 nitrogen and oxygen atoms in total. The molecule has 0 bridgehead atoms. The molecule has 0 aromatic heterocycles. The lowest BCUT2D eigenvalue weighted by molar-refractivity contribution is -0.00958. The number of sulfonamides is 1. The number of anilines is 1. The fraction of sp³-hybridized carbons (Fsp3) is 0.538. The summed E-state index contributed by atoms with van der Waals surface area (Å²) in [6.45, 7) is 1.04. The van der Waals surface area contributed by atoms with Crippen LogP contribution in [0, 0.1) is 5.92 Å². The molecule has 2 fully saturated rings. The molecule has 104 valence electrons. The summed E-state index contributed by atoms with van der Waals surface area (Å²) in [5, 5.41) is 10.3. The molecule has 19 heavy (non-hydrogen) atoms. The van der Waals surface area contributed by atoms with Crippen molar-refractivity contribution in [1.82, 2.24) is 4.72 Å². The number of rotatable bonds is 4. The van der Waals surface area contributed by atoms with Gasteiger partial charge in [-0.05, 0) is 37.9 Å². The van der Waals surface area contributed by atoms with Crippen LogP contribution in [0.3, 0.4) is 0 Å². The Bertz CT molecular complexity index is 590. The first kappa shape index (κ1) is 12.9. The molecule has 0 atom stereocenters. The maximum Gasteiger partial charge on any atom is 0.242 e. The predicted octanol–water partition coefficient (Wildman–Crippen LogP) is 0.556. The molecule has 0 amide bonds. The van der Waals surface area contributed by atoms with Crippen molar-refractivity contribution in [1.29, 1.82) is 0 Å². The van der Waals surface area contributed by atoms with E-state index in [0.29, 0.717) is 24.7 Å². The van der Waals surface area contributed by atoms with Crippen molar-refractivity contribution in [2.24, 2.45) is 5.92 Å². The van der Waals surface area contributed by atoms with Gasteiger partial charge in [-0.2, -0.15) is 0 Å². The van der Waals surface area contributed by atoms with Crippen LogP contribution in [0.4, 0.5) is 5.69 Å². The smallest absolute Gasteiger partial charge is 0.242 e. The number of para-hydroxylation sites is 1. The van der Waals surface area contributed by atoms with Gasteiger partial charge in [0.2, 0.25) is 10.0 Å². The molecule has 0 radical (unpaired) electrons. The summed E-state index contributed by atoms with van der Waals surface area (Å²) in [6.07, 6.45) is 2.17. The predicted molar refractivity (Wildman–Crippen MR) is 72.6 cm³/mol. The van der Waals surface area contributed by atoms with E-state index in [1.165, 1.54) is 7.05 Å². The molecular formula is C13H18N2O3S. The van der Waals surface area contributed by atoms with Crippen LogP contribution in [0.1, 0.15) is 12.8 Å². The van der Waals surface area contributed by atoms with E-state index >= 15 is 0 Å². The molecule has 1 saturated heterocycles. The van der Waals surface area contributed by atoms with Crippen LogP contribution in [0.25, 0.3) is 0 Å². The van der Waals surface area contributed by atoms with E-state index in [2.05, 4.69) is 4.72 Å². The molecule has 1 aliphatic heterocycles. The van der Waals surface area contributed by atoms with Gasteiger partial charge < -0.3 is 10.0 Å². The number of hydrogen-bond donors (Lipinski definition) is 2. The highest BCUT2D eigenvalue weighted by molar-refractivity contribution is 7.89. The summed E-state index contributed by atoms with van der Waals surface area (Å²) in [6, 6.07) is 6.91. The maximum atomic E-state index is 12.0. The fourth-order valence-corrected chi connectivity index (χ4v) is 3.67. The molecule has 1 aromatic carbocycles. The van der Waals surface area contributed by atoms with E-state index in [9.17, 15) is 13.5 Å². The van der Waals surface area contributed by atoms with Gasteiger partial charge in [0.15, 0.2) is 0 Å². The zero-order chi connectivity index (χ0) is 13.7. The Morgan fingerprint density at radius 3 is 2.53 bits per heavy atom. The largest absolute Gasteiger partial charge is 0.386 e. The lowest BCUT2D eigenvalue weighted by atomic mass is 9.88. The van der Waals surface area contributed by atoms with Crippen molar-refractivity contribution in [3.63, 3.8) is 0 Å². The summed E-state index contributed by atoms with van der Waals surface area (Å²) in [5.74, 6) is 0.400. The van der Waals surface area contributed by atoms with Crippen LogP contribution in [0.15, 0.2) is 29.2 Å². The Morgan fingerprint density at radius 2 is 1.95 bits per heavy atom. The monoisotopic (exact) mass is 282 g/mol. The standard InChI is InChI=1S/C13H18N2O3S/c1-14-19(17,18)12-5-3-2-4-11(12)15-8-13(16,9-15)10-6-7-10/h2-5,10,14,16H,6-9H2,1H3. The normalized spacial score (nSPS) is 22.1. The minimum absolute atomic E-state index is 0.273. The molecule has 1 saturated carbocycles.